The van der Waals surface area contributed by atoms with E-state index in [0.717, 1.165) is 20.6 Å². The zero-order valence-corrected chi connectivity index (χ0v) is 21.4. The van der Waals surface area contributed by atoms with Crippen LogP contribution in [-0.4, -0.2) is 42.7 Å². The van der Waals surface area contributed by atoms with Crippen LogP contribution in [0.5, 0.6) is 0 Å². The van der Waals surface area contributed by atoms with Crippen LogP contribution < -0.4 is 5.32 Å². The molecule has 1 amide bonds. The Hall–Kier alpha value is -1.10. The highest BCUT2D eigenvalue weighted by Gasteiger charge is 2.39. The van der Waals surface area contributed by atoms with Gasteiger partial charge in [-0.3, -0.25) is 4.79 Å². The van der Waals surface area contributed by atoms with Crippen molar-refractivity contribution in [1.82, 2.24) is 4.31 Å². The fourth-order valence-electron chi connectivity index (χ4n) is 3.34. The number of carbonyl (C=O) groups excluding carboxylic acids is 1. The molecule has 1 saturated heterocycles. The van der Waals surface area contributed by atoms with Crippen molar-refractivity contribution in [1.29, 1.82) is 0 Å². The van der Waals surface area contributed by atoms with Crippen molar-refractivity contribution in [3.8, 4) is 0 Å². The molecule has 1 heterocycles. The molecule has 162 valence electrons. The van der Waals surface area contributed by atoms with Crippen molar-refractivity contribution in [2.24, 2.45) is 5.41 Å². The Bertz CT molecular complexity index is 1030. The third kappa shape index (κ3) is 5.20. The van der Waals surface area contributed by atoms with Gasteiger partial charge in [0.2, 0.25) is 10.0 Å². The molecule has 5 nitrogen and oxygen atoms in total. The van der Waals surface area contributed by atoms with E-state index < -0.39 is 10.0 Å². The van der Waals surface area contributed by atoms with E-state index in [4.69, 9.17) is 0 Å². The Morgan fingerprint density at radius 3 is 2.43 bits per heavy atom. The molecule has 1 aliphatic rings. The van der Waals surface area contributed by atoms with Gasteiger partial charge in [0.15, 0.2) is 0 Å². The molecule has 0 spiro atoms. The van der Waals surface area contributed by atoms with Crippen LogP contribution in [0.15, 0.2) is 47.4 Å². The van der Waals surface area contributed by atoms with E-state index in [-0.39, 0.29) is 22.3 Å². The van der Waals surface area contributed by atoms with Crippen LogP contribution >= 0.6 is 34.4 Å². The molecule has 8 heteroatoms. The highest BCUT2D eigenvalue weighted by atomic mass is 127. The van der Waals surface area contributed by atoms with E-state index in [2.05, 4.69) is 48.7 Å². The number of hydrogen-bond acceptors (Lipinski definition) is 4. The second-order valence-corrected chi connectivity index (χ2v) is 12.7. The number of hydrogen-bond donors (Lipinski definition) is 1. The molecule has 0 aromatic heterocycles. The summed E-state index contributed by atoms with van der Waals surface area (Å²) >= 11 is 4.00. The summed E-state index contributed by atoms with van der Waals surface area (Å²) in [4.78, 5) is 12.8. The minimum atomic E-state index is -3.60. The fourth-order valence-corrected chi connectivity index (χ4v) is 7.27. The van der Waals surface area contributed by atoms with Crippen molar-refractivity contribution < 1.29 is 13.2 Å². The summed E-state index contributed by atoms with van der Waals surface area (Å²) in [7, 11) is -3.60. The van der Waals surface area contributed by atoms with Crippen molar-refractivity contribution in [2.45, 2.75) is 38.6 Å². The molecule has 1 N–H and O–H groups in total. The van der Waals surface area contributed by atoms with E-state index in [1.54, 1.807) is 46.4 Å². The minimum absolute atomic E-state index is 0.0513. The van der Waals surface area contributed by atoms with Gasteiger partial charge in [-0.25, -0.2) is 8.42 Å². The van der Waals surface area contributed by atoms with Gasteiger partial charge in [0.25, 0.3) is 5.91 Å². The first-order valence-electron chi connectivity index (χ1n) is 9.77. The molecule has 0 radical (unpaired) electrons. The molecular formula is C22H27IN2O3S2. The van der Waals surface area contributed by atoms with Gasteiger partial charge in [-0.15, -0.1) is 0 Å². The van der Waals surface area contributed by atoms with E-state index in [9.17, 15) is 13.2 Å². The maximum Gasteiger partial charge on any atom is 0.255 e. The zero-order chi connectivity index (χ0) is 22.1. The maximum absolute atomic E-state index is 13.3. The topological polar surface area (TPSA) is 66.5 Å². The highest BCUT2D eigenvalue weighted by molar-refractivity contribution is 14.1. The summed E-state index contributed by atoms with van der Waals surface area (Å²) in [6.45, 7) is 8.75. The zero-order valence-electron chi connectivity index (χ0n) is 17.6. The Kier molecular flexibility index (Phi) is 7.21. The smallest absolute Gasteiger partial charge is 0.255 e. The first-order valence-corrected chi connectivity index (χ1v) is 13.4. The fraction of sp³-hybridized carbons (Fsp3) is 0.409. The molecule has 1 atom stereocenters. The lowest BCUT2D eigenvalue weighted by Gasteiger charge is -2.42. The third-order valence-electron chi connectivity index (χ3n) is 5.23. The van der Waals surface area contributed by atoms with E-state index in [1.165, 1.54) is 0 Å². The van der Waals surface area contributed by atoms with Gasteiger partial charge in [0.1, 0.15) is 0 Å². The lowest BCUT2D eigenvalue weighted by molar-refractivity contribution is 0.102. The quantitative estimate of drug-likeness (QED) is 0.537. The van der Waals surface area contributed by atoms with E-state index >= 15 is 0 Å². The monoisotopic (exact) mass is 558 g/mol. The second kappa shape index (κ2) is 9.18. The summed E-state index contributed by atoms with van der Waals surface area (Å²) in [6.07, 6.45) is 0. The number of benzene rings is 2. The van der Waals surface area contributed by atoms with Gasteiger partial charge < -0.3 is 5.32 Å². The Balaban J connectivity index is 1.78. The molecule has 2 aromatic rings. The van der Waals surface area contributed by atoms with Gasteiger partial charge >= 0.3 is 0 Å². The molecule has 1 aliphatic heterocycles. The summed E-state index contributed by atoms with van der Waals surface area (Å²) in [5, 5.41) is 2.84. The number of nitrogens with zero attached hydrogens (tertiary/aromatic N) is 1. The summed E-state index contributed by atoms with van der Waals surface area (Å²) < 4.78 is 29.3. The lowest BCUT2D eigenvalue weighted by Crippen LogP contribution is -2.52. The van der Waals surface area contributed by atoms with Crippen LogP contribution in [0.1, 0.15) is 36.7 Å². The lowest BCUT2D eigenvalue weighted by atomic mass is 9.88. The van der Waals surface area contributed by atoms with Crippen molar-refractivity contribution >= 4 is 56.0 Å². The van der Waals surface area contributed by atoms with Gasteiger partial charge in [0.05, 0.1) is 4.90 Å². The predicted octanol–water partition coefficient (Wildman–Crippen LogP) is 5.00. The number of anilines is 1. The van der Waals surface area contributed by atoms with Gasteiger partial charge in [0, 0.05) is 38.9 Å². The van der Waals surface area contributed by atoms with Crippen LogP contribution in [-0.2, 0) is 10.0 Å². The van der Waals surface area contributed by atoms with Gasteiger partial charge in [-0.05, 0) is 76.9 Å². The van der Waals surface area contributed by atoms with E-state index in [0.29, 0.717) is 17.8 Å². The maximum atomic E-state index is 13.3. The molecular weight excluding hydrogens is 531 g/mol. The number of aryl methyl sites for hydroxylation is 1. The molecule has 0 saturated carbocycles. The van der Waals surface area contributed by atoms with Crippen LogP contribution in [0.4, 0.5) is 5.69 Å². The average Bonchev–Trinajstić information content (AvgIpc) is 2.70. The highest BCUT2D eigenvalue weighted by Crippen LogP contribution is 2.34. The van der Waals surface area contributed by atoms with Crippen molar-refractivity contribution in [2.75, 3.05) is 23.4 Å². The Morgan fingerprint density at radius 1 is 1.17 bits per heavy atom. The Labute approximate surface area is 197 Å². The number of halogens is 1. The Morgan fingerprint density at radius 2 is 1.83 bits per heavy atom. The van der Waals surface area contributed by atoms with Crippen LogP contribution in [0.2, 0.25) is 0 Å². The van der Waals surface area contributed by atoms with Crippen LogP contribution in [0.3, 0.4) is 0 Å². The summed E-state index contributed by atoms with van der Waals surface area (Å²) in [5.41, 5.74) is 2.11. The number of amides is 1. The first-order chi connectivity index (χ1) is 14.0. The molecule has 0 aliphatic carbocycles. The molecule has 2 aromatic carbocycles. The van der Waals surface area contributed by atoms with Gasteiger partial charge in [-0.1, -0.05) is 26.8 Å². The van der Waals surface area contributed by atoms with E-state index in [1.807, 2.05) is 19.1 Å². The normalized spacial score (nSPS) is 18.2. The number of sulfonamides is 1. The SMILES string of the molecule is Cc1ccc(C(=O)Nc2ccc(S(=O)(=O)N3CCSCC3C(C)(C)C)cc2)cc1I. The van der Waals surface area contributed by atoms with Gasteiger partial charge in [-0.2, -0.15) is 16.1 Å². The number of thioether (sulfide) groups is 1. The molecule has 30 heavy (non-hydrogen) atoms. The van der Waals surface area contributed by atoms with Crippen LogP contribution in [0.25, 0.3) is 0 Å². The molecule has 0 bridgehead atoms. The first kappa shape index (κ1) is 23.6. The van der Waals surface area contributed by atoms with Crippen molar-refractivity contribution in [3.63, 3.8) is 0 Å². The molecule has 3 rings (SSSR count). The minimum Gasteiger partial charge on any atom is -0.322 e. The average molecular weight is 559 g/mol. The number of rotatable bonds is 4. The molecule has 1 fully saturated rings. The second-order valence-electron chi connectivity index (χ2n) is 8.51. The van der Waals surface area contributed by atoms with Crippen LogP contribution in [0, 0.1) is 15.9 Å². The largest absolute Gasteiger partial charge is 0.322 e. The third-order valence-corrected chi connectivity index (χ3v) is 9.34. The summed E-state index contributed by atoms with van der Waals surface area (Å²) in [6, 6.07) is 11.9. The standard InChI is InChI=1S/C22H27IN2O3S2/c1-15-5-6-16(13-19(15)23)21(26)24-17-7-9-18(10-8-17)30(27,28)25-11-12-29-14-20(25)22(2,3)4/h5-10,13,20H,11-12,14H2,1-4H3,(H,24,26). The van der Waals surface area contributed by atoms with Crippen molar-refractivity contribution in [3.05, 3.63) is 57.2 Å². The summed E-state index contributed by atoms with van der Waals surface area (Å²) in [5.74, 6) is 1.38. The molecule has 1 unspecified atom stereocenters. The number of carbonyl (C=O) groups is 1. The predicted molar refractivity (Wildman–Crippen MR) is 133 cm³/mol. The number of nitrogens with one attached hydrogen (secondary N) is 1.